The molecule has 0 radical (unpaired) electrons. The maximum Gasteiger partial charge on any atom is 0.225 e. The number of hydrogen-bond acceptors (Lipinski definition) is 4. The molecule has 1 aromatic rings. The molecule has 2 N–H and O–H groups in total. The molecule has 7 heteroatoms. The molecule has 126 valence electrons. The van der Waals surface area contributed by atoms with E-state index in [0.717, 1.165) is 30.3 Å². The molecule has 4 nitrogen and oxygen atoms in total. The molecule has 0 aromatic heterocycles. The molecule has 0 bridgehead atoms. The molecule has 1 fully saturated rings. The second-order valence-electron chi connectivity index (χ2n) is 5.42. The van der Waals surface area contributed by atoms with Gasteiger partial charge in [0.15, 0.2) is 0 Å². The zero-order valence-corrected chi connectivity index (χ0v) is 15.5. The normalized spacial score (nSPS) is 17.3. The van der Waals surface area contributed by atoms with Gasteiger partial charge in [0.1, 0.15) is 0 Å². The van der Waals surface area contributed by atoms with Crippen molar-refractivity contribution in [3.05, 3.63) is 29.8 Å². The zero-order chi connectivity index (χ0) is 14.4. The van der Waals surface area contributed by atoms with E-state index in [1.807, 2.05) is 44.1 Å². The summed E-state index contributed by atoms with van der Waals surface area (Å²) in [5.41, 5.74) is 2.09. The van der Waals surface area contributed by atoms with Gasteiger partial charge in [-0.25, -0.2) is 0 Å². The van der Waals surface area contributed by atoms with Crippen LogP contribution in [0.1, 0.15) is 12.0 Å². The summed E-state index contributed by atoms with van der Waals surface area (Å²) in [5.74, 6) is 2.26. The van der Waals surface area contributed by atoms with Gasteiger partial charge in [0, 0.05) is 42.7 Å². The van der Waals surface area contributed by atoms with Crippen molar-refractivity contribution in [1.82, 2.24) is 10.2 Å². The van der Waals surface area contributed by atoms with E-state index < -0.39 is 0 Å². The van der Waals surface area contributed by atoms with Crippen molar-refractivity contribution in [3.63, 3.8) is 0 Å². The molecule has 1 aliphatic heterocycles. The highest BCUT2D eigenvalue weighted by atomic mass is 35.5. The van der Waals surface area contributed by atoms with Crippen LogP contribution in [0.5, 0.6) is 0 Å². The van der Waals surface area contributed by atoms with Gasteiger partial charge in [0.05, 0.1) is 0 Å². The number of amides is 1. The molecule has 2 rings (SSSR count). The highest BCUT2D eigenvalue weighted by Gasteiger charge is 2.16. The number of carbonyl (C=O) groups excluding carboxylic acids is 1. The number of thioether (sulfide) groups is 1. The summed E-state index contributed by atoms with van der Waals surface area (Å²) in [7, 11) is 4.08. The third kappa shape index (κ3) is 7.70. The first kappa shape index (κ1) is 21.5. The molecule has 1 atom stereocenters. The molecular weight excluding hydrogens is 341 g/mol. The van der Waals surface area contributed by atoms with Gasteiger partial charge in [-0.2, -0.15) is 11.8 Å². The quantitative estimate of drug-likeness (QED) is 0.841. The van der Waals surface area contributed by atoms with Crippen LogP contribution < -0.4 is 10.6 Å². The van der Waals surface area contributed by atoms with Crippen LogP contribution in [0, 0.1) is 0 Å². The summed E-state index contributed by atoms with van der Waals surface area (Å²) >= 11 is 1.91. The lowest BCUT2D eigenvalue weighted by Gasteiger charge is -2.22. The fourth-order valence-corrected chi connectivity index (χ4v) is 3.25. The molecule has 0 spiro atoms. The third-order valence-corrected chi connectivity index (χ3v) is 4.27. The number of hydrogen-bond donors (Lipinski definition) is 2. The average molecular weight is 366 g/mol. The van der Waals surface area contributed by atoms with Gasteiger partial charge in [-0.1, -0.05) is 12.1 Å². The maximum atomic E-state index is 12.0. The highest BCUT2D eigenvalue weighted by molar-refractivity contribution is 7.99. The van der Waals surface area contributed by atoms with Crippen molar-refractivity contribution < 1.29 is 4.79 Å². The first-order valence-corrected chi connectivity index (χ1v) is 8.13. The van der Waals surface area contributed by atoms with Crippen LogP contribution >= 0.6 is 36.6 Å². The van der Waals surface area contributed by atoms with Crippen LogP contribution in [0.4, 0.5) is 5.69 Å². The maximum absolute atomic E-state index is 12.0. The van der Waals surface area contributed by atoms with Gasteiger partial charge >= 0.3 is 0 Å². The summed E-state index contributed by atoms with van der Waals surface area (Å²) in [6.07, 6.45) is 0.547. The van der Waals surface area contributed by atoms with Crippen LogP contribution in [0.15, 0.2) is 24.3 Å². The molecule has 0 aliphatic carbocycles. The fraction of sp³-hybridized carbons (Fsp3) is 0.533. The minimum atomic E-state index is 0. The Hall–Kier alpha value is -0.460. The predicted molar refractivity (Wildman–Crippen MR) is 101 cm³/mol. The lowest BCUT2D eigenvalue weighted by molar-refractivity contribution is -0.116. The molecule has 22 heavy (non-hydrogen) atoms. The molecule has 1 saturated heterocycles. The van der Waals surface area contributed by atoms with Crippen LogP contribution in [0.3, 0.4) is 0 Å². The number of benzene rings is 1. The van der Waals surface area contributed by atoms with E-state index in [1.54, 1.807) is 0 Å². The topological polar surface area (TPSA) is 44.4 Å². The summed E-state index contributed by atoms with van der Waals surface area (Å²) in [4.78, 5) is 14.2. The van der Waals surface area contributed by atoms with Gasteiger partial charge < -0.3 is 15.5 Å². The van der Waals surface area contributed by atoms with Crippen molar-refractivity contribution in [3.8, 4) is 0 Å². The number of rotatable bonds is 5. The van der Waals surface area contributed by atoms with Crippen LogP contribution in [-0.2, 0) is 11.3 Å². The van der Waals surface area contributed by atoms with Crippen LogP contribution in [-0.4, -0.2) is 49.0 Å². The first-order chi connectivity index (χ1) is 9.63. The Morgan fingerprint density at radius 2 is 2.18 bits per heavy atom. The smallest absolute Gasteiger partial charge is 0.225 e. The van der Waals surface area contributed by atoms with E-state index in [2.05, 4.69) is 21.6 Å². The summed E-state index contributed by atoms with van der Waals surface area (Å²) in [6, 6.07) is 8.36. The minimum absolute atomic E-state index is 0. The zero-order valence-electron chi connectivity index (χ0n) is 13.0. The van der Waals surface area contributed by atoms with Gasteiger partial charge in [-0.3, -0.25) is 4.79 Å². The van der Waals surface area contributed by atoms with Crippen molar-refractivity contribution in [2.75, 3.05) is 37.5 Å². The number of nitrogens with one attached hydrogen (secondary N) is 2. The SMILES string of the molecule is CN(C)Cc1cccc(NC(=O)CC2CSCCN2)c1.Cl.Cl. The number of halogens is 2. The second kappa shape index (κ2) is 11.1. The Morgan fingerprint density at radius 3 is 2.82 bits per heavy atom. The molecule has 1 heterocycles. The van der Waals surface area contributed by atoms with E-state index in [4.69, 9.17) is 0 Å². The summed E-state index contributed by atoms with van der Waals surface area (Å²) < 4.78 is 0. The van der Waals surface area contributed by atoms with E-state index >= 15 is 0 Å². The number of nitrogens with zero attached hydrogens (tertiary/aromatic N) is 1. The van der Waals surface area contributed by atoms with Crippen molar-refractivity contribution in [1.29, 1.82) is 0 Å². The molecule has 1 unspecified atom stereocenters. The number of anilines is 1. The molecule has 1 aromatic carbocycles. The first-order valence-electron chi connectivity index (χ1n) is 6.98. The largest absolute Gasteiger partial charge is 0.326 e. The summed E-state index contributed by atoms with van der Waals surface area (Å²) in [5, 5.41) is 6.38. The standard InChI is InChI=1S/C15H23N3OS.2ClH/c1-18(2)10-12-4-3-5-13(8-12)17-15(19)9-14-11-20-7-6-16-14;;/h3-5,8,14,16H,6-7,9-11H2,1-2H3,(H,17,19);2*1H. The van der Waals surface area contributed by atoms with Gasteiger partial charge in [-0.15, -0.1) is 24.8 Å². The van der Waals surface area contributed by atoms with E-state index in [0.29, 0.717) is 12.5 Å². The Labute approximate surface area is 149 Å². The van der Waals surface area contributed by atoms with E-state index in [-0.39, 0.29) is 30.7 Å². The molecular formula is C15H25Cl2N3OS. The monoisotopic (exact) mass is 365 g/mol. The number of carbonyl (C=O) groups is 1. The lowest BCUT2D eigenvalue weighted by Crippen LogP contribution is -2.39. The van der Waals surface area contributed by atoms with Gasteiger partial charge in [0.25, 0.3) is 0 Å². The Morgan fingerprint density at radius 1 is 1.41 bits per heavy atom. The minimum Gasteiger partial charge on any atom is -0.326 e. The lowest BCUT2D eigenvalue weighted by atomic mass is 10.1. The van der Waals surface area contributed by atoms with Crippen LogP contribution in [0.25, 0.3) is 0 Å². The fourth-order valence-electron chi connectivity index (χ4n) is 2.30. The Balaban J connectivity index is 0.00000220. The third-order valence-electron chi connectivity index (χ3n) is 3.14. The molecule has 1 amide bonds. The van der Waals surface area contributed by atoms with E-state index in [1.165, 1.54) is 5.56 Å². The van der Waals surface area contributed by atoms with Gasteiger partial charge in [-0.05, 0) is 31.8 Å². The van der Waals surface area contributed by atoms with Crippen molar-refractivity contribution in [2.24, 2.45) is 0 Å². The van der Waals surface area contributed by atoms with E-state index in [9.17, 15) is 4.79 Å². The Kier molecular flexibility index (Phi) is 10.9. The highest BCUT2D eigenvalue weighted by Crippen LogP contribution is 2.14. The molecule has 1 aliphatic rings. The van der Waals surface area contributed by atoms with Crippen molar-refractivity contribution in [2.45, 2.75) is 19.0 Å². The second-order valence-corrected chi connectivity index (χ2v) is 6.57. The Bertz CT molecular complexity index is 454. The van der Waals surface area contributed by atoms with Gasteiger partial charge in [0.2, 0.25) is 5.91 Å². The van der Waals surface area contributed by atoms with Crippen molar-refractivity contribution >= 4 is 48.2 Å². The summed E-state index contributed by atoms with van der Waals surface area (Å²) in [6.45, 7) is 1.88. The molecule has 0 saturated carbocycles. The van der Waals surface area contributed by atoms with Crippen LogP contribution in [0.2, 0.25) is 0 Å². The predicted octanol–water partition coefficient (Wildman–Crippen LogP) is 2.63. The average Bonchev–Trinajstić information content (AvgIpc) is 2.39.